The molecule has 4 heteroatoms. The average Bonchev–Trinajstić information content (AvgIpc) is 2.88. The summed E-state index contributed by atoms with van der Waals surface area (Å²) in [5.41, 5.74) is 1.74. The van der Waals surface area contributed by atoms with Gasteiger partial charge in [0.15, 0.2) is 0 Å². The van der Waals surface area contributed by atoms with Crippen LogP contribution in [0, 0.1) is 0 Å². The Morgan fingerprint density at radius 2 is 2.00 bits per heavy atom. The van der Waals surface area contributed by atoms with Gasteiger partial charge in [-0.2, -0.15) is 0 Å². The molecule has 1 aliphatic rings. The van der Waals surface area contributed by atoms with Crippen molar-refractivity contribution in [1.29, 1.82) is 0 Å². The van der Waals surface area contributed by atoms with Crippen LogP contribution in [0.4, 0.5) is 0 Å². The van der Waals surface area contributed by atoms with Crippen molar-refractivity contribution < 1.29 is 14.6 Å². The van der Waals surface area contributed by atoms with Crippen LogP contribution in [0.5, 0.6) is 11.5 Å². The summed E-state index contributed by atoms with van der Waals surface area (Å²) in [5, 5.41) is 23.3. The molecule has 0 amide bonds. The minimum atomic E-state index is -0.137. The molecule has 1 aromatic carbocycles. The van der Waals surface area contributed by atoms with Crippen LogP contribution < -0.4 is 5.32 Å². The van der Waals surface area contributed by atoms with Crippen LogP contribution in [-0.2, 0) is 6.42 Å². The minimum absolute atomic E-state index is 0.119. The molecule has 3 N–H and O–H groups in total. The Balaban J connectivity index is 1.83. The molecule has 20 heavy (non-hydrogen) atoms. The van der Waals surface area contributed by atoms with Crippen LogP contribution in [0.1, 0.15) is 48.7 Å². The topological polar surface area (TPSA) is 65.6 Å². The van der Waals surface area contributed by atoms with E-state index >= 15 is 0 Å². The number of nitrogens with one attached hydrogen (secondary N) is 1. The number of hydrogen-bond acceptors (Lipinski definition) is 4. The molecule has 0 saturated heterocycles. The molecule has 4 nitrogen and oxygen atoms in total. The van der Waals surface area contributed by atoms with E-state index in [1.165, 1.54) is 5.56 Å². The van der Waals surface area contributed by atoms with Gasteiger partial charge in [-0.1, -0.05) is 6.07 Å². The maximum Gasteiger partial charge on any atom is 0.124 e. The molecule has 2 unspecified atom stereocenters. The summed E-state index contributed by atoms with van der Waals surface area (Å²) in [6.07, 6.45) is 4.83. The molecule has 1 aromatic heterocycles. The summed E-state index contributed by atoms with van der Waals surface area (Å²) in [5.74, 6) is 1.28. The molecule has 1 aliphatic carbocycles. The normalized spacial score (nSPS) is 19.6. The molecule has 0 spiro atoms. The predicted molar refractivity (Wildman–Crippen MR) is 75.7 cm³/mol. The maximum absolute atomic E-state index is 9.93. The third-order valence-corrected chi connectivity index (χ3v) is 4.00. The number of furan rings is 1. The standard InChI is InChI=1S/C16H19NO3/c1-10(16-13(18)5-3-6-14(16)19)17-12-4-2-7-15-11(12)8-9-20-15/h3,5-6,8-10,12,17-19H,2,4,7H2,1H3. The van der Waals surface area contributed by atoms with Crippen molar-refractivity contribution >= 4 is 0 Å². The summed E-state index contributed by atoms with van der Waals surface area (Å²) in [6, 6.07) is 6.89. The van der Waals surface area contributed by atoms with E-state index in [0.29, 0.717) is 5.56 Å². The van der Waals surface area contributed by atoms with Crippen molar-refractivity contribution in [3.05, 3.63) is 47.4 Å². The lowest BCUT2D eigenvalue weighted by molar-refractivity contribution is 0.367. The lowest BCUT2D eigenvalue weighted by atomic mass is 9.92. The molecule has 1 heterocycles. The number of phenols is 2. The van der Waals surface area contributed by atoms with Crippen molar-refractivity contribution in [2.45, 2.75) is 38.3 Å². The largest absolute Gasteiger partial charge is 0.507 e. The Morgan fingerprint density at radius 3 is 2.75 bits per heavy atom. The number of aromatic hydroxyl groups is 2. The van der Waals surface area contributed by atoms with E-state index in [1.54, 1.807) is 24.5 Å². The summed E-state index contributed by atoms with van der Waals surface area (Å²) in [4.78, 5) is 0. The highest BCUT2D eigenvalue weighted by Gasteiger charge is 2.25. The van der Waals surface area contributed by atoms with E-state index < -0.39 is 0 Å². The zero-order valence-corrected chi connectivity index (χ0v) is 11.5. The molecule has 0 saturated carbocycles. The molecular formula is C16H19NO3. The van der Waals surface area contributed by atoms with Gasteiger partial charge in [0.25, 0.3) is 0 Å². The molecule has 0 radical (unpaired) electrons. The number of phenolic OH excluding ortho intramolecular Hbond substituents is 2. The van der Waals surface area contributed by atoms with Gasteiger partial charge in [-0.25, -0.2) is 0 Å². The minimum Gasteiger partial charge on any atom is -0.507 e. The first kappa shape index (κ1) is 13.1. The maximum atomic E-state index is 9.93. The Hall–Kier alpha value is -1.94. The molecule has 3 rings (SSSR count). The zero-order valence-electron chi connectivity index (χ0n) is 11.5. The van der Waals surface area contributed by atoms with E-state index in [1.807, 2.05) is 13.0 Å². The summed E-state index contributed by atoms with van der Waals surface area (Å²) in [6.45, 7) is 1.95. The van der Waals surface area contributed by atoms with Crippen LogP contribution in [0.15, 0.2) is 34.9 Å². The molecule has 0 fully saturated rings. The monoisotopic (exact) mass is 273 g/mol. The second kappa shape index (κ2) is 5.21. The lowest BCUT2D eigenvalue weighted by Crippen LogP contribution is -2.27. The highest BCUT2D eigenvalue weighted by Crippen LogP contribution is 2.36. The van der Waals surface area contributed by atoms with Crippen LogP contribution in [0.3, 0.4) is 0 Å². The van der Waals surface area contributed by atoms with Crippen molar-refractivity contribution in [2.24, 2.45) is 0 Å². The number of aryl methyl sites for hydroxylation is 1. The van der Waals surface area contributed by atoms with E-state index in [0.717, 1.165) is 25.0 Å². The smallest absolute Gasteiger partial charge is 0.124 e. The van der Waals surface area contributed by atoms with Gasteiger partial charge < -0.3 is 19.9 Å². The Morgan fingerprint density at radius 1 is 1.25 bits per heavy atom. The average molecular weight is 273 g/mol. The fourth-order valence-electron chi connectivity index (χ4n) is 3.03. The van der Waals surface area contributed by atoms with Gasteiger partial charge >= 0.3 is 0 Å². The van der Waals surface area contributed by atoms with Gasteiger partial charge in [-0.15, -0.1) is 0 Å². The van der Waals surface area contributed by atoms with Gasteiger partial charge in [0, 0.05) is 24.1 Å². The second-order valence-corrected chi connectivity index (χ2v) is 5.34. The van der Waals surface area contributed by atoms with Gasteiger partial charge in [0.1, 0.15) is 17.3 Å². The molecule has 0 aliphatic heterocycles. The van der Waals surface area contributed by atoms with Crippen LogP contribution in [-0.4, -0.2) is 10.2 Å². The third kappa shape index (κ3) is 2.27. The fraction of sp³-hybridized carbons (Fsp3) is 0.375. The first-order valence-electron chi connectivity index (χ1n) is 7.00. The third-order valence-electron chi connectivity index (χ3n) is 4.00. The number of fused-ring (bicyclic) bond motifs is 1. The highest BCUT2D eigenvalue weighted by molar-refractivity contribution is 5.45. The molecule has 106 valence electrons. The molecular weight excluding hydrogens is 254 g/mol. The number of rotatable bonds is 3. The van der Waals surface area contributed by atoms with Gasteiger partial charge in [0.2, 0.25) is 0 Å². The number of benzene rings is 1. The van der Waals surface area contributed by atoms with Crippen LogP contribution in [0.2, 0.25) is 0 Å². The zero-order chi connectivity index (χ0) is 14.1. The van der Waals surface area contributed by atoms with E-state index in [9.17, 15) is 10.2 Å². The Labute approximate surface area is 118 Å². The van der Waals surface area contributed by atoms with Crippen molar-refractivity contribution in [1.82, 2.24) is 5.32 Å². The Kier molecular flexibility index (Phi) is 3.40. The quantitative estimate of drug-likeness (QED) is 0.801. The van der Waals surface area contributed by atoms with Gasteiger partial charge in [-0.05, 0) is 38.0 Å². The fourth-order valence-corrected chi connectivity index (χ4v) is 3.03. The second-order valence-electron chi connectivity index (χ2n) is 5.34. The molecule has 2 aromatic rings. The summed E-state index contributed by atoms with van der Waals surface area (Å²) < 4.78 is 5.48. The van der Waals surface area contributed by atoms with Crippen molar-refractivity contribution in [3.63, 3.8) is 0 Å². The van der Waals surface area contributed by atoms with E-state index in [2.05, 4.69) is 5.32 Å². The Bertz CT molecular complexity index is 585. The van der Waals surface area contributed by atoms with Gasteiger partial charge in [0.05, 0.1) is 11.8 Å². The van der Waals surface area contributed by atoms with Crippen LogP contribution >= 0.6 is 0 Å². The first-order valence-corrected chi connectivity index (χ1v) is 7.00. The summed E-state index contributed by atoms with van der Waals surface area (Å²) >= 11 is 0. The van der Waals surface area contributed by atoms with Crippen LogP contribution in [0.25, 0.3) is 0 Å². The summed E-state index contributed by atoms with van der Waals surface area (Å²) in [7, 11) is 0. The highest BCUT2D eigenvalue weighted by atomic mass is 16.3. The SMILES string of the molecule is CC(NC1CCCc2occc21)c1c(O)cccc1O. The lowest BCUT2D eigenvalue weighted by Gasteiger charge is -2.27. The van der Waals surface area contributed by atoms with Crippen molar-refractivity contribution in [3.8, 4) is 11.5 Å². The molecule has 0 bridgehead atoms. The van der Waals surface area contributed by atoms with Gasteiger partial charge in [-0.3, -0.25) is 0 Å². The van der Waals surface area contributed by atoms with Crippen molar-refractivity contribution in [2.75, 3.05) is 0 Å². The number of hydrogen-bond donors (Lipinski definition) is 3. The molecule has 2 atom stereocenters. The predicted octanol–water partition coefficient (Wildman–Crippen LogP) is 3.42. The van der Waals surface area contributed by atoms with E-state index in [4.69, 9.17) is 4.42 Å². The first-order chi connectivity index (χ1) is 9.66. The van der Waals surface area contributed by atoms with E-state index in [-0.39, 0.29) is 23.6 Å².